The molecule has 3 rings (SSSR count). The van der Waals surface area contributed by atoms with Gasteiger partial charge >= 0.3 is 0 Å². The van der Waals surface area contributed by atoms with E-state index in [9.17, 15) is 17.2 Å². The van der Waals surface area contributed by atoms with Crippen LogP contribution in [-0.4, -0.2) is 24.5 Å². The molecule has 1 fully saturated rings. The van der Waals surface area contributed by atoms with Gasteiger partial charge in [0.15, 0.2) is 0 Å². The minimum absolute atomic E-state index is 0.0185. The lowest BCUT2D eigenvalue weighted by atomic mass is 10.1. The summed E-state index contributed by atoms with van der Waals surface area (Å²) < 4.78 is 53.9. The molecular formula is C19H21F2NO2S. The quantitative estimate of drug-likeness (QED) is 0.748. The van der Waals surface area contributed by atoms with Gasteiger partial charge in [0.2, 0.25) is 10.0 Å². The number of rotatable bonds is 7. The van der Waals surface area contributed by atoms with Gasteiger partial charge in [0.1, 0.15) is 11.6 Å². The summed E-state index contributed by atoms with van der Waals surface area (Å²) in [4.78, 5) is 0. The lowest BCUT2D eigenvalue weighted by Gasteiger charge is -2.22. The Kier molecular flexibility index (Phi) is 5.20. The highest BCUT2D eigenvalue weighted by Gasteiger charge is 2.37. The summed E-state index contributed by atoms with van der Waals surface area (Å²) in [7, 11) is -3.52. The van der Waals surface area contributed by atoms with Gasteiger partial charge < -0.3 is 0 Å². The minimum atomic E-state index is -3.52. The Bertz CT molecular complexity index is 846. The monoisotopic (exact) mass is 365 g/mol. The van der Waals surface area contributed by atoms with Crippen molar-refractivity contribution in [2.45, 2.75) is 38.8 Å². The van der Waals surface area contributed by atoms with E-state index in [-0.39, 0.29) is 23.9 Å². The molecule has 6 heteroatoms. The Labute approximate surface area is 147 Å². The van der Waals surface area contributed by atoms with Gasteiger partial charge in [-0.25, -0.2) is 17.2 Å². The zero-order chi connectivity index (χ0) is 18.0. The van der Waals surface area contributed by atoms with Crippen molar-refractivity contribution >= 4 is 10.0 Å². The first-order valence-corrected chi connectivity index (χ1v) is 9.95. The van der Waals surface area contributed by atoms with Crippen molar-refractivity contribution in [2.75, 3.05) is 5.75 Å². The molecule has 1 aliphatic rings. The molecule has 3 nitrogen and oxygen atoms in total. The molecule has 1 aliphatic carbocycles. The summed E-state index contributed by atoms with van der Waals surface area (Å²) in [6, 6.07) is 10.9. The molecule has 0 atom stereocenters. The second-order valence-corrected chi connectivity index (χ2v) is 8.60. The predicted molar refractivity (Wildman–Crippen MR) is 93.6 cm³/mol. The van der Waals surface area contributed by atoms with Gasteiger partial charge in [-0.1, -0.05) is 35.9 Å². The summed E-state index contributed by atoms with van der Waals surface area (Å²) in [6.07, 6.45) is 1.98. The number of halogens is 2. The average molecular weight is 365 g/mol. The first-order valence-electron chi connectivity index (χ1n) is 8.34. The van der Waals surface area contributed by atoms with E-state index in [4.69, 9.17) is 0 Å². The summed E-state index contributed by atoms with van der Waals surface area (Å²) in [5.41, 5.74) is 2.28. The van der Waals surface area contributed by atoms with Crippen LogP contribution < -0.4 is 0 Å². The highest BCUT2D eigenvalue weighted by molar-refractivity contribution is 7.89. The summed E-state index contributed by atoms with van der Waals surface area (Å²) in [6.45, 7) is 1.93. The van der Waals surface area contributed by atoms with E-state index in [0.29, 0.717) is 6.42 Å². The zero-order valence-electron chi connectivity index (χ0n) is 14.1. The Hall–Kier alpha value is -1.79. The highest BCUT2D eigenvalue weighted by atomic mass is 32.2. The van der Waals surface area contributed by atoms with Gasteiger partial charge in [0.05, 0.1) is 5.75 Å². The van der Waals surface area contributed by atoms with Crippen molar-refractivity contribution in [1.29, 1.82) is 0 Å². The van der Waals surface area contributed by atoms with Gasteiger partial charge in [-0.05, 0) is 37.8 Å². The maximum Gasteiger partial charge on any atom is 0.214 e. The van der Waals surface area contributed by atoms with Crippen LogP contribution in [0.3, 0.4) is 0 Å². The summed E-state index contributed by atoms with van der Waals surface area (Å²) >= 11 is 0. The molecule has 0 aliphatic heterocycles. The molecular weight excluding hydrogens is 344 g/mol. The van der Waals surface area contributed by atoms with E-state index in [2.05, 4.69) is 0 Å². The Balaban J connectivity index is 1.73. The smallest absolute Gasteiger partial charge is 0.212 e. The molecule has 0 heterocycles. The number of aryl methyl sites for hydroxylation is 2. The summed E-state index contributed by atoms with van der Waals surface area (Å²) in [5.74, 6) is -1.39. The fourth-order valence-electron chi connectivity index (χ4n) is 2.75. The van der Waals surface area contributed by atoms with E-state index >= 15 is 0 Å². The number of sulfonamides is 1. The van der Waals surface area contributed by atoms with E-state index in [1.165, 1.54) is 10.4 Å². The van der Waals surface area contributed by atoms with Gasteiger partial charge in [0.25, 0.3) is 0 Å². The molecule has 2 aromatic rings. The molecule has 1 saturated carbocycles. The Morgan fingerprint density at radius 3 is 2.36 bits per heavy atom. The molecule has 0 unspecified atom stereocenters. The largest absolute Gasteiger partial charge is 0.214 e. The van der Waals surface area contributed by atoms with Crippen molar-refractivity contribution in [2.24, 2.45) is 0 Å². The van der Waals surface area contributed by atoms with Crippen molar-refractivity contribution in [3.05, 3.63) is 70.8 Å². The van der Waals surface area contributed by atoms with Crippen LogP contribution in [0.4, 0.5) is 8.78 Å². The minimum Gasteiger partial charge on any atom is -0.212 e. The summed E-state index contributed by atoms with van der Waals surface area (Å²) in [5, 5.41) is 0. The van der Waals surface area contributed by atoms with Crippen LogP contribution >= 0.6 is 0 Å². The molecule has 0 spiro atoms. The lowest BCUT2D eigenvalue weighted by Crippen LogP contribution is -2.35. The fraction of sp³-hybridized carbons (Fsp3) is 0.368. The molecule has 0 amide bonds. The molecule has 2 aromatic carbocycles. The van der Waals surface area contributed by atoms with Crippen LogP contribution in [0.15, 0.2) is 42.5 Å². The van der Waals surface area contributed by atoms with E-state index in [0.717, 1.165) is 36.1 Å². The zero-order valence-corrected chi connectivity index (χ0v) is 14.9. The van der Waals surface area contributed by atoms with Gasteiger partial charge in [0, 0.05) is 24.2 Å². The topological polar surface area (TPSA) is 37.4 Å². The second-order valence-electron chi connectivity index (χ2n) is 6.56. The Morgan fingerprint density at radius 1 is 1.08 bits per heavy atom. The average Bonchev–Trinajstić information content (AvgIpc) is 3.38. The van der Waals surface area contributed by atoms with Crippen LogP contribution in [0.2, 0.25) is 0 Å². The molecule has 25 heavy (non-hydrogen) atoms. The van der Waals surface area contributed by atoms with Crippen molar-refractivity contribution in [3.8, 4) is 0 Å². The van der Waals surface area contributed by atoms with Crippen LogP contribution in [0.1, 0.15) is 29.5 Å². The third kappa shape index (κ3) is 4.64. The standard InChI is InChI=1S/C19H21F2NO2S/c1-14-2-4-15(5-3-14)10-11-25(23,24)22(18-8-9-18)13-16-6-7-17(20)12-19(16)21/h2-7,12,18H,8-11,13H2,1H3. The van der Waals surface area contributed by atoms with E-state index in [1.807, 2.05) is 31.2 Å². The van der Waals surface area contributed by atoms with Crippen LogP contribution in [0, 0.1) is 18.6 Å². The third-order valence-corrected chi connectivity index (χ3v) is 6.28. The van der Waals surface area contributed by atoms with Gasteiger partial charge in [-0.15, -0.1) is 0 Å². The fourth-order valence-corrected chi connectivity index (χ4v) is 4.48. The van der Waals surface area contributed by atoms with Crippen LogP contribution in [0.5, 0.6) is 0 Å². The number of hydrogen-bond acceptors (Lipinski definition) is 2. The third-order valence-electron chi connectivity index (χ3n) is 4.42. The van der Waals surface area contributed by atoms with Gasteiger partial charge in [-0.3, -0.25) is 0 Å². The van der Waals surface area contributed by atoms with Gasteiger partial charge in [-0.2, -0.15) is 4.31 Å². The van der Waals surface area contributed by atoms with Crippen LogP contribution in [0.25, 0.3) is 0 Å². The maximum absolute atomic E-state index is 13.9. The normalized spacial score (nSPS) is 14.9. The maximum atomic E-state index is 13.9. The van der Waals surface area contributed by atoms with E-state index < -0.39 is 21.7 Å². The molecule has 0 radical (unpaired) electrons. The molecule has 134 valence electrons. The predicted octanol–water partition coefficient (Wildman–Crippen LogP) is 3.81. The second kappa shape index (κ2) is 7.22. The highest BCUT2D eigenvalue weighted by Crippen LogP contribution is 2.31. The molecule has 0 saturated heterocycles. The number of hydrogen-bond donors (Lipinski definition) is 0. The Morgan fingerprint density at radius 2 is 1.76 bits per heavy atom. The molecule has 0 bridgehead atoms. The molecule has 0 aromatic heterocycles. The SMILES string of the molecule is Cc1ccc(CCS(=O)(=O)N(Cc2ccc(F)cc2F)C2CC2)cc1. The molecule has 0 N–H and O–H groups in total. The number of nitrogens with zero attached hydrogens (tertiary/aromatic N) is 1. The van der Waals surface area contributed by atoms with Crippen LogP contribution in [-0.2, 0) is 23.0 Å². The lowest BCUT2D eigenvalue weighted by molar-refractivity contribution is 0.391. The van der Waals surface area contributed by atoms with Crippen molar-refractivity contribution < 1.29 is 17.2 Å². The first-order chi connectivity index (χ1) is 11.8. The first kappa shape index (κ1) is 18.0. The number of benzene rings is 2. The van der Waals surface area contributed by atoms with E-state index in [1.54, 1.807) is 0 Å². The van der Waals surface area contributed by atoms with Crippen molar-refractivity contribution in [3.63, 3.8) is 0 Å². The van der Waals surface area contributed by atoms with Crippen molar-refractivity contribution in [1.82, 2.24) is 4.31 Å².